The number of benzene rings is 2. The Hall–Kier alpha value is -4.59. The summed E-state index contributed by atoms with van der Waals surface area (Å²) < 4.78 is 58.5. The highest BCUT2D eigenvalue weighted by Gasteiger charge is 2.33. The molecule has 0 radical (unpaired) electrons. The largest absolute Gasteiger partial charge is 0.334 e. The number of hydrogen-bond acceptors (Lipinski definition) is 6. The monoisotopic (exact) mass is 569 g/mol. The number of rotatable bonds is 7. The van der Waals surface area contributed by atoms with Crippen molar-refractivity contribution in [1.29, 1.82) is 0 Å². The average Bonchev–Trinajstić information content (AvgIpc) is 3.50. The van der Waals surface area contributed by atoms with Crippen molar-refractivity contribution in [3.8, 4) is 0 Å². The van der Waals surface area contributed by atoms with Gasteiger partial charge in [0.15, 0.2) is 0 Å². The molecule has 40 heavy (non-hydrogen) atoms. The predicted molar refractivity (Wildman–Crippen MR) is 144 cm³/mol. The van der Waals surface area contributed by atoms with Gasteiger partial charge in [0.25, 0.3) is 0 Å². The maximum atomic E-state index is 13.9. The molecule has 5 rings (SSSR count). The number of imidazole rings is 1. The molecule has 1 atom stereocenters. The summed E-state index contributed by atoms with van der Waals surface area (Å²) in [5, 5.41) is 2.37. The smallest absolute Gasteiger partial charge is 0.330 e. The van der Waals surface area contributed by atoms with E-state index in [1.54, 1.807) is 36.7 Å². The first-order valence-corrected chi connectivity index (χ1v) is 13.6. The third-order valence-corrected chi connectivity index (χ3v) is 7.97. The van der Waals surface area contributed by atoms with Crippen molar-refractivity contribution in [1.82, 2.24) is 24.6 Å². The zero-order valence-corrected chi connectivity index (χ0v) is 22.3. The van der Waals surface area contributed by atoms with E-state index in [1.807, 2.05) is 16.3 Å². The van der Waals surface area contributed by atoms with Crippen molar-refractivity contribution < 1.29 is 26.8 Å². The molecule has 14 heteroatoms. The number of carbonyl (C=O) groups is 2. The first-order valence-electron chi connectivity index (χ1n) is 12.2. The lowest BCUT2D eigenvalue weighted by molar-refractivity contribution is -0.120. The number of pyridine rings is 1. The van der Waals surface area contributed by atoms with E-state index < -0.39 is 39.8 Å². The van der Waals surface area contributed by atoms with Crippen LogP contribution in [0.15, 0.2) is 61.1 Å². The van der Waals surface area contributed by atoms with Crippen LogP contribution in [0.25, 0.3) is 11.0 Å². The lowest BCUT2D eigenvalue weighted by Crippen LogP contribution is -2.54. The first kappa shape index (κ1) is 27.0. The molecule has 3 heterocycles. The van der Waals surface area contributed by atoms with Crippen LogP contribution >= 0.6 is 0 Å². The Balaban J connectivity index is 1.39. The number of aryl methyl sites for hydroxylation is 1. The van der Waals surface area contributed by atoms with Crippen LogP contribution in [0.4, 0.5) is 25.1 Å². The molecule has 2 aromatic carbocycles. The third-order valence-electron chi connectivity index (χ3n) is 6.59. The lowest BCUT2D eigenvalue weighted by atomic mass is 10.0. The number of carbonyl (C=O) groups excluding carboxylic acids is 2. The number of amides is 3. The predicted octanol–water partition coefficient (Wildman–Crippen LogP) is 2.43. The van der Waals surface area contributed by atoms with E-state index >= 15 is 0 Å². The molecular weight excluding hydrogens is 544 g/mol. The molecule has 3 amide bonds. The molecule has 1 aliphatic heterocycles. The van der Waals surface area contributed by atoms with E-state index in [1.165, 1.54) is 18.1 Å². The number of urea groups is 1. The van der Waals surface area contributed by atoms with Gasteiger partial charge in [-0.2, -0.15) is 8.42 Å². The fraction of sp³-hybridized carbons (Fsp3) is 0.231. The average molecular weight is 570 g/mol. The Labute approximate surface area is 228 Å². The van der Waals surface area contributed by atoms with E-state index in [9.17, 15) is 26.8 Å². The van der Waals surface area contributed by atoms with Gasteiger partial charge in [0.1, 0.15) is 23.5 Å². The SMILES string of the molecule is CN(C(=O)[C@H](Cc1cc(F)cc(F)c1)NC(=O)NS(=O)(=O)N1CCc2cccnc21)c1ccc2c(c1)ncn2C. The summed E-state index contributed by atoms with van der Waals surface area (Å²) in [6.07, 6.45) is 3.17. The Bertz CT molecular complexity index is 1710. The number of aromatic nitrogens is 3. The van der Waals surface area contributed by atoms with Crippen LogP contribution in [0, 0.1) is 11.6 Å². The molecule has 0 unspecified atom stereocenters. The van der Waals surface area contributed by atoms with Crippen molar-refractivity contribution in [3.63, 3.8) is 0 Å². The molecule has 2 aromatic heterocycles. The fourth-order valence-electron chi connectivity index (χ4n) is 4.63. The molecule has 11 nitrogen and oxygen atoms in total. The van der Waals surface area contributed by atoms with E-state index in [0.717, 1.165) is 22.0 Å². The third kappa shape index (κ3) is 5.43. The van der Waals surface area contributed by atoms with Gasteiger partial charge in [-0.15, -0.1) is 0 Å². The molecule has 208 valence electrons. The number of nitrogens with one attached hydrogen (secondary N) is 2. The molecule has 0 aliphatic carbocycles. The van der Waals surface area contributed by atoms with Crippen LogP contribution in [0.3, 0.4) is 0 Å². The minimum Gasteiger partial charge on any atom is -0.334 e. The Morgan fingerprint density at radius 2 is 1.85 bits per heavy atom. The summed E-state index contributed by atoms with van der Waals surface area (Å²) in [6, 6.07) is 8.73. The van der Waals surface area contributed by atoms with Gasteiger partial charge in [-0.3, -0.25) is 4.79 Å². The lowest BCUT2D eigenvalue weighted by Gasteiger charge is -2.26. The van der Waals surface area contributed by atoms with Crippen LogP contribution in [-0.2, 0) is 34.9 Å². The molecule has 2 N–H and O–H groups in total. The Morgan fingerprint density at radius 3 is 2.60 bits per heavy atom. The van der Waals surface area contributed by atoms with Crippen molar-refractivity contribution in [2.75, 3.05) is 22.8 Å². The van der Waals surface area contributed by atoms with Gasteiger partial charge in [0.05, 0.1) is 17.4 Å². The Kier molecular flexibility index (Phi) is 7.10. The van der Waals surface area contributed by atoms with Crippen molar-refractivity contribution >= 4 is 44.7 Å². The molecular formula is C26H25F2N7O4S. The molecule has 0 spiro atoms. The minimum atomic E-state index is -4.37. The highest BCUT2D eigenvalue weighted by molar-refractivity contribution is 7.91. The second-order valence-electron chi connectivity index (χ2n) is 9.35. The number of halogens is 2. The van der Waals surface area contributed by atoms with Crippen molar-refractivity contribution in [2.45, 2.75) is 18.9 Å². The van der Waals surface area contributed by atoms with Gasteiger partial charge in [0.2, 0.25) is 5.91 Å². The normalized spacial score (nSPS) is 13.7. The molecule has 0 saturated carbocycles. The number of hydrogen-bond donors (Lipinski definition) is 2. The first-order chi connectivity index (χ1) is 19.0. The summed E-state index contributed by atoms with van der Waals surface area (Å²) in [4.78, 5) is 36.1. The maximum absolute atomic E-state index is 13.9. The second kappa shape index (κ2) is 10.5. The quantitative estimate of drug-likeness (QED) is 0.352. The highest BCUT2D eigenvalue weighted by atomic mass is 32.2. The molecule has 4 aromatic rings. The fourth-order valence-corrected chi connectivity index (χ4v) is 5.76. The zero-order valence-electron chi connectivity index (χ0n) is 21.5. The second-order valence-corrected chi connectivity index (χ2v) is 10.9. The summed E-state index contributed by atoms with van der Waals surface area (Å²) >= 11 is 0. The van der Waals surface area contributed by atoms with Gasteiger partial charge < -0.3 is 14.8 Å². The highest BCUT2D eigenvalue weighted by Crippen LogP contribution is 2.27. The molecule has 0 fully saturated rings. The van der Waals surface area contributed by atoms with Gasteiger partial charge in [0, 0.05) is 45.0 Å². The number of fused-ring (bicyclic) bond motifs is 2. The maximum Gasteiger partial charge on any atom is 0.330 e. The van der Waals surface area contributed by atoms with Crippen LogP contribution in [0.5, 0.6) is 0 Å². The summed E-state index contributed by atoms with van der Waals surface area (Å²) in [5.41, 5.74) is 2.70. The van der Waals surface area contributed by atoms with E-state index in [2.05, 4.69) is 15.3 Å². The van der Waals surface area contributed by atoms with Gasteiger partial charge >= 0.3 is 16.2 Å². The number of anilines is 2. The van der Waals surface area contributed by atoms with Gasteiger partial charge in [-0.25, -0.2) is 32.6 Å². The van der Waals surface area contributed by atoms with Crippen LogP contribution in [0.1, 0.15) is 11.1 Å². The zero-order chi connectivity index (χ0) is 28.6. The summed E-state index contributed by atoms with van der Waals surface area (Å²) in [5.74, 6) is -2.17. The molecule has 1 aliphatic rings. The van der Waals surface area contributed by atoms with Gasteiger partial charge in [-0.1, -0.05) is 6.07 Å². The van der Waals surface area contributed by atoms with Gasteiger partial charge in [-0.05, 0) is 53.9 Å². The van der Waals surface area contributed by atoms with E-state index in [-0.39, 0.29) is 24.3 Å². The summed E-state index contributed by atoms with van der Waals surface area (Å²) in [6.45, 7) is 0.0820. The topological polar surface area (TPSA) is 130 Å². The van der Waals surface area contributed by atoms with Crippen molar-refractivity contribution in [2.24, 2.45) is 7.05 Å². The van der Waals surface area contributed by atoms with Crippen LogP contribution < -0.4 is 19.2 Å². The molecule has 0 bridgehead atoms. The summed E-state index contributed by atoms with van der Waals surface area (Å²) in [7, 11) is -1.08. The standard InChI is InChI=1S/C26H25F2N7O4S/c1-33-15-30-21-14-20(5-6-23(21)33)34(2)25(36)22(12-16-10-18(27)13-19(28)11-16)31-26(37)32-40(38,39)35-9-7-17-4-3-8-29-24(17)35/h3-6,8,10-11,13-15,22H,7,9,12H2,1-2H3,(H2,31,32,37)/t22-/m0/s1. The minimum absolute atomic E-state index is 0.0820. The van der Waals surface area contributed by atoms with Crippen molar-refractivity contribution in [3.05, 3.63) is 83.8 Å². The van der Waals surface area contributed by atoms with E-state index in [4.69, 9.17) is 0 Å². The number of likely N-dealkylation sites (N-methyl/N-ethyl adjacent to an activating group) is 1. The van der Waals surface area contributed by atoms with E-state index in [0.29, 0.717) is 29.3 Å². The number of nitrogens with zero attached hydrogens (tertiary/aromatic N) is 5. The molecule has 0 saturated heterocycles. The Morgan fingerprint density at radius 1 is 1.10 bits per heavy atom. The van der Waals surface area contributed by atoms with Crippen LogP contribution in [0.2, 0.25) is 0 Å². The van der Waals surface area contributed by atoms with Crippen LogP contribution in [-0.4, -0.2) is 54.5 Å².